The van der Waals surface area contributed by atoms with Gasteiger partial charge in [0.1, 0.15) is 0 Å². The molecule has 1 heterocycles. The van der Waals surface area contributed by atoms with E-state index in [-0.39, 0.29) is 17.7 Å². The average molecular weight is 286 g/mol. The van der Waals surface area contributed by atoms with Crippen LogP contribution in [0, 0.1) is 5.92 Å². The lowest BCUT2D eigenvalue weighted by Gasteiger charge is -2.28. The molecular formula is C17H22N2O2. The Labute approximate surface area is 125 Å². The first-order valence-corrected chi connectivity index (χ1v) is 7.89. The molecule has 1 aliphatic carbocycles. The molecule has 2 amide bonds. The van der Waals surface area contributed by atoms with Crippen molar-refractivity contribution in [3.05, 3.63) is 23.8 Å². The highest BCUT2D eigenvalue weighted by molar-refractivity contribution is 6.16. The Morgan fingerprint density at radius 3 is 2.67 bits per heavy atom. The van der Waals surface area contributed by atoms with Gasteiger partial charge in [0.05, 0.1) is 11.4 Å². The second kappa shape index (κ2) is 5.88. The van der Waals surface area contributed by atoms with Gasteiger partial charge in [-0.25, -0.2) is 4.90 Å². The third kappa shape index (κ3) is 2.67. The van der Waals surface area contributed by atoms with Gasteiger partial charge in [-0.2, -0.15) is 0 Å². The summed E-state index contributed by atoms with van der Waals surface area (Å²) in [6.07, 6.45) is 6.15. The summed E-state index contributed by atoms with van der Waals surface area (Å²) in [4.78, 5) is 26.3. The highest BCUT2D eigenvalue weighted by Gasteiger charge is 2.31. The van der Waals surface area contributed by atoms with Crippen LogP contribution in [0.1, 0.15) is 44.6 Å². The minimum Gasteiger partial charge on any atom is -0.383 e. The van der Waals surface area contributed by atoms with Crippen molar-refractivity contribution < 1.29 is 9.59 Å². The topological polar surface area (TPSA) is 49.4 Å². The lowest BCUT2D eigenvalue weighted by Crippen LogP contribution is -2.40. The van der Waals surface area contributed by atoms with Gasteiger partial charge in [0.25, 0.3) is 0 Å². The van der Waals surface area contributed by atoms with Crippen molar-refractivity contribution in [3.8, 4) is 0 Å². The van der Waals surface area contributed by atoms with Crippen molar-refractivity contribution in [2.24, 2.45) is 5.92 Å². The smallest absolute Gasteiger partial charge is 0.236 e. The maximum atomic E-state index is 12.8. The van der Waals surface area contributed by atoms with E-state index in [0.29, 0.717) is 0 Å². The van der Waals surface area contributed by atoms with Gasteiger partial charge in [-0.3, -0.25) is 9.59 Å². The SMILES string of the molecule is CC(=O)N(C(=O)C1CCCCC1)c1cccc2c1NCC2. The van der Waals surface area contributed by atoms with Crippen LogP contribution in [0.2, 0.25) is 0 Å². The number of fused-ring (bicyclic) bond motifs is 1. The molecule has 3 rings (SSSR count). The van der Waals surface area contributed by atoms with Crippen LogP contribution in [0.15, 0.2) is 18.2 Å². The summed E-state index contributed by atoms with van der Waals surface area (Å²) in [5, 5.41) is 3.32. The fourth-order valence-corrected chi connectivity index (χ4v) is 3.48. The van der Waals surface area contributed by atoms with E-state index in [9.17, 15) is 9.59 Å². The molecule has 0 atom stereocenters. The predicted molar refractivity (Wildman–Crippen MR) is 83.4 cm³/mol. The first kappa shape index (κ1) is 14.1. The number of hydrogen-bond acceptors (Lipinski definition) is 3. The molecule has 4 heteroatoms. The Hall–Kier alpha value is -1.84. The summed E-state index contributed by atoms with van der Waals surface area (Å²) in [6, 6.07) is 5.87. The molecule has 0 unspecified atom stereocenters. The summed E-state index contributed by atoms with van der Waals surface area (Å²) in [6.45, 7) is 2.35. The van der Waals surface area contributed by atoms with Crippen LogP contribution in [-0.2, 0) is 16.0 Å². The van der Waals surface area contributed by atoms with Crippen LogP contribution in [0.4, 0.5) is 11.4 Å². The average Bonchev–Trinajstić information content (AvgIpc) is 2.97. The number of amides is 2. The molecular weight excluding hydrogens is 264 g/mol. The molecule has 0 bridgehead atoms. The zero-order valence-corrected chi connectivity index (χ0v) is 12.5. The molecule has 1 aliphatic heterocycles. The van der Waals surface area contributed by atoms with Gasteiger partial charge in [-0.1, -0.05) is 31.4 Å². The van der Waals surface area contributed by atoms with E-state index in [1.807, 2.05) is 12.1 Å². The number of para-hydroxylation sites is 1. The van der Waals surface area contributed by atoms with Crippen molar-refractivity contribution in [2.75, 3.05) is 16.8 Å². The number of benzene rings is 1. The number of hydrogen-bond donors (Lipinski definition) is 1. The van der Waals surface area contributed by atoms with Crippen molar-refractivity contribution >= 4 is 23.2 Å². The van der Waals surface area contributed by atoms with Crippen molar-refractivity contribution in [3.63, 3.8) is 0 Å². The minimum absolute atomic E-state index is 0.0000841. The van der Waals surface area contributed by atoms with Gasteiger partial charge in [-0.05, 0) is 30.9 Å². The quantitative estimate of drug-likeness (QED) is 0.908. The Bertz CT molecular complexity index is 562. The highest BCUT2D eigenvalue weighted by atomic mass is 16.2. The van der Waals surface area contributed by atoms with Crippen LogP contribution in [0.3, 0.4) is 0 Å². The molecule has 2 aliphatic rings. The molecule has 1 fully saturated rings. The highest BCUT2D eigenvalue weighted by Crippen LogP contribution is 2.35. The molecule has 0 spiro atoms. The lowest BCUT2D eigenvalue weighted by molar-refractivity contribution is -0.128. The largest absolute Gasteiger partial charge is 0.383 e. The molecule has 0 aromatic heterocycles. The van der Waals surface area contributed by atoms with Crippen molar-refractivity contribution in [1.29, 1.82) is 0 Å². The van der Waals surface area contributed by atoms with Crippen LogP contribution in [0.25, 0.3) is 0 Å². The first-order chi connectivity index (χ1) is 10.2. The Morgan fingerprint density at radius 2 is 1.95 bits per heavy atom. The maximum absolute atomic E-state index is 12.8. The molecule has 1 aromatic rings. The van der Waals surface area contributed by atoms with E-state index in [4.69, 9.17) is 0 Å². The summed E-state index contributed by atoms with van der Waals surface area (Å²) < 4.78 is 0. The Morgan fingerprint density at radius 1 is 1.19 bits per heavy atom. The minimum atomic E-state index is -0.187. The van der Waals surface area contributed by atoms with Gasteiger partial charge in [0.2, 0.25) is 11.8 Å². The van der Waals surface area contributed by atoms with Crippen molar-refractivity contribution in [1.82, 2.24) is 0 Å². The number of rotatable bonds is 2. The van der Waals surface area contributed by atoms with Crippen molar-refractivity contribution in [2.45, 2.75) is 45.4 Å². The first-order valence-electron chi connectivity index (χ1n) is 7.89. The summed E-state index contributed by atoms with van der Waals surface area (Å²) >= 11 is 0. The van der Waals surface area contributed by atoms with Gasteiger partial charge in [0.15, 0.2) is 0 Å². The van der Waals surface area contributed by atoms with E-state index in [0.717, 1.165) is 50.0 Å². The summed E-state index contributed by atoms with van der Waals surface area (Å²) in [5.74, 6) is -0.211. The number of imide groups is 1. The summed E-state index contributed by atoms with van der Waals surface area (Å²) in [5.41, 5.74) is 2.88. The fourth-order valence-electron chi connectivity index (χ4n) is 3.48. The van der Waals surface area contributed by atoms with Crippen LogP contribution in [0.5, 0.6) is 0 Å². The van der Waals surface area contributed by atoms with Gasteiger partial charge in [-0.15, -0.1) is 0 Å². The second-order valence-corrected chi connectivity index (χ2v) is 6.02. The molecule has 1 saturated carbocycles. The molecule has 1 aromatic carbocycles. The van der Waals surface area contributed by atoms with E-state index in [2.05, 4.69) is 11.4 Å². The number of carbonyl (C=O) groups excluding carboxylic acids is 2. The molecule has 4 nitrogen and oxygen atoms in total. The number of carbonyl (C=O) groups is 2. The van der Waals surface area contributed by atoms with Crippen LogP contribution >= 0.6 is 0 Å². The van der Waals surface area contributed by atoms with E-state index in [1.165, 1.54) is 23.8 Å². The maximum Gasteiger partial charge on any atom is 0.236 e. The predicted octanol–water partition coefficient (Wildman–Crippen LogP) is 3.11. The second-order valence-electron chi connectivity index (χ2n) is 6.02. The monoisotopic (exact) mass is 286 g/mol. The van der Waals surface area contributed by atoms with Crippen LogP contribution < -0.4 is 10.2 Å². The fraction of sp³-hybridized carbons (Fsp3) is 0.529. The van der Waals surface area contributed by atoms with Crippen LogP contribution in [-0.4, -0.2) is 18.4 Å². The zero-order chi connectivity index (χ0) is 14.8. The third-order valence-electron chi connectivity index (χ3n) is 4.56. The van der Waals surface area contributed by atoms with E-state index >= 15 is 0 Å². The van der Waals surface area contributed by atoms with Gasteiger partial charge < -0.3 is 5.32 Å². The Balaban J connectivity index is 1.93. The molecule has 0 radical (unpaired) electrons. The molecule has 0 saturated heterocycles. The molecule has 21 heavy (non-hydrogen) atoms. The van der Waals surface area contributed by atoms with Gasteiger partial charge >= 0.3 is 0 Å². The van der Waals surface area contributed by atoms with E-state index < -0.39 is 0 Å². The van der Waals surface area contributed by atoms with E-state index in [1.54, 1.807) is 0 Å². The molecule has 1 N–H and O–H groups in total. The molecule has 112 valence electrons. The number of anilines is 2. The summed E-state index contributed by atoms with van der Waals surface area (Å²) in [7, 11) is 0. The normalized spacial score (nSPS) is 18.0. The zero-order valence-electron chi connectivity index (χ0n) is 12.5. The standard InChI is InChI=1S/C17H22N2O2/c1-12(20)19(17(21)14-6-3-2-4-7-14)15-9-5-8-13-10-11-18-16(13)15/h5,8-9,14,18H,2-4,6-7,10-11H2,1H3. The third-order valence-corrected chi connectivity index (χ3v) is 4.56. The number of nitrogens with one attached hydrogen (secondary N) is 1. The Kier molecular flexibility index (Phi) is 3.95. The lowest BCUT2D eigenvalue weighted by atomic mass is 9.88. The van der Waals surface area contributed by atoms with Gasteiger partial charge in [0, 0.05) is 19.4 Å². The number of nitrogens with zero attached hydrogens (tertiary/aromatic N) is 1.